The van der Waals surface area contributed by atoms with Crippen LogP contribution in [0, 0.1) is 0 Å². The fraction of sp³-hybridized carbons (Fsp3) is 0.389. The zero-order valence-corrected chi connectivity index (χ0v) is 13.8. The molecule has 1 amide bonds. The van der Waals surface area contributed by atoms with Crippen molar-refractivity contribution in [1.82, 2.24) is 10.4 Å². The smallest absolute Gasteiger partial charge is 0.269 e. The van der Waals surface area contributed by atoms with E-state index >= 15 is 0 Å². The lowest BCUT2D eigenvalue weighted by Crippen LogP contribution is -3.12. The molecule has 3 rings (SSSR count). The Kier molecular flexibility index (Phi) is 4.79. The van der Waals surface area contributed by atoms with Gasteiger partial charge in [0.05, 0.1) is 45.4 Å². The highest BCUT2D eigenvalue weighted by Crippen LogP contribution is 2.28. The first kappa shape index (κ1) is 15.8. The minimum Gasteiger partial charge on any atom is -0.493 e. The van der Waals surface area contributed by atoms with Crippen molar-refractivity contribution < 1.29 is 14.4 Å². The Balaban J connectivity index is 1.90. The Morgan fingerprint density at radius 1 is 1.22 bits per heavy atom. The van der Waals surface area contributed by atoms with Crippen molar-refractivity contribution >= 4 is 16.7 Å². The molecule has 1 fully saturated rings. The molecular weight excluding hydrogens is 290 g/mol. The largest absolute Gasteiger partial charge is 0.493 e. The molecule has 5 nitrogen and oxygen atoms in total. The van der Waals surface area contributed by atoms with E-state index in [0.29, 0.717) is 17.9 Å². The van der Waals surface area contributed by atoms with Gasteiger partial charge >= 0.3 is 0 Å². The molecule has 122 valence electrons. The molecule has 0 spiro atoms. The predicted molar refractivity (Wildman–Crippen MR) is 90.8 cm³/mol. The Morgan fingerprint density at radius 3 is 2.70 bits per heavy atom. The number of nitrogens with one attached hydrogen (secondary N) is 2. The summed E-state index contributed by atoms with van der Waals surface area (Å²) in [4.78, 5) is 14.4. The van der Waals surface area contributed by atoms with E-state index in [2.05, 4.69) is 12.5 Å². The number of piperazine rings is 1. The number of hydrazine groups is 1. The van der Waals surface area contributed by atoms with E-state index in [0.717, 1.165) is 37.0 Å². The standard InChI is InChI=1S/C18H23N3O2/c1-3-23-16-9-8-14-6-4-5-7-15(14)17(16)18(22)19-21-12-10-20(2)11-13-21/h4-9H,3,10-13H2,1-2H3,(H,19,22)/p+1. The molecule has 0 aromatic heterocycles. The van der Waals surface area contributed by atoms with Crippen molar-refractivity contribution in [3.63, 3.8) is 0 Å². The van der Waals surface area contributed by atoms with Gasteiger partial charge in [0.1, 0.15) is 5.75 Å². The van der Waals surface area contributed by atoms with E-state index in [1.54, 1.807) is 0 Å². The molecule has 2 aromatic rings. The van der Waals surface area contributed by atoms with Gasteiger partial charge in [-0.1, -0.05) is 30.3 Å². The highest BCUT2D eigenvalue weighted by Gasteiger charge is 2.22. The number of quaternary nitrogens is 1. The van der Waals surface area contributed by atoms with Gasteiger partial charge in [-0.05, 0) is 23.8 Å². The number of benzene rings is 2. The van der Waals surface area contributed by atoms with Crippen LogP contribution < -0.4 is 15.1 Å². The van der Waals surface area contributed by atoms with Crippen LogP contribution in [0.3, 0.4) is 0 Å². The number of hydrogen-bond acceptors (Lipinski definition) is 3. The monoisotopic (exact) mass is 314 g/mol. The molecule has 0 saturated carbocycles. The quantitative estimate of drug-likeness (QED) is 0.874. The molecule has 1 saturated heterocycles. The molecule has 1 aliphatic heterocycles. The van der Waals surface area contributed by atoms with Crippen LogP contribution in [0.25, 0.3) is 10.8 Å². The summed E-state index contributed by atoms with van der Waals surface area (Å²) in [6, 6.07) is 11.8. The number of amides is 1. The van der Waals surface area contributed by atoms with E-state index < -0.39 is 0 Å². The van der Waals surface area contributed by atoms with Crippen molar-refractivity contribution in [3.8, 4) is 5.75 Å². The van der Waals surface area contributed by atoms with Crippen LogP contribution in [0.2, 0.25) is 0 Å². The summed E-state index contributed by atoms with van der Waals surface area (Å²) < 4.78 is 5.69. The highest BCUT2D eigenvalue weighted by molar-refractivity contribution is 6.09. The fourth-order valence-corrected chi connectivity index (χ4v) is 2.96. The van der Waals surface area contributed by atoms with Crippen molar-refractivity contribution in [1.29, 1.82) is 0 Å². The minimum absolute atomic E-state index is 0.0928. The van der Waals surface area contributed by atoms with Gasteiger partial charge in [-0.15, -0.1) is 0 Å². The first-order valence-electron chi connectivity index (χ1n) is 8.21. The van der Waals surface area contributed by atoms with Gasteiger partial charge in [0.25, 0.3) is 5.91 Å². The number of likely N-dealkylation sites (N-methyl/N-ethyl adjacent to an activating group) is 1. The molecule has 1 aliphatic rings. The Labute approximate surface area is 136 Å². The lowest BCUT2D eigenvalue weighted by atomic mass is 10.0. The lowest BCUT2D eigenvalue weighted by molar-refractivity contribution is -0.884. The Bertz CT molecular complexity index is 694. The second-order valence-electron chi connectivity index (χ2n) is 5.98. The molecule has 0 aliphatic carbocycles. The first-order chi connectivity index (χ1) is 11.2. The van der Waals surface area contributed by atoms with Gasteiger partial charge in [-0.25, -0.2) is 5.01 Å². The number of fused-ring (bicyclic) bond motifs is 1. The summed E-state index contributed by atoms with van der Waals surface area (Å²) in [7, 11) is 2.18. The predicted octanol–water partition coefficient (Wildman–Crippen LogP) is 0.714. The van der Waals surface area contributed by atoms with Crippen molar-refractivity contribution in [2.24, 2.45) is 0 Å². The molecule has 1 heterocycles. The second kappa shape index (κ2) is 6.98. The summed E-state index contributed by atoms with van der Waals surface area (Å²) in [6.45, 7) is 6.28. The average Bonchev–Trinajstić information content (AvgIpc) is 2.57. The van der Waals surface area contributed by atoms with Crippen molar-refractivity contribution in [3.05, 3.63) is 42.0 Å². The third kappa shape index (κ3) is 3.46. The Hall–Kier alpha value is -2.11. The molecule has 0 bridgehead atoms. The zero-order chi connectivity index (χ0) is 16.2. The number of carbonyl (C=O) groups excluding carboxylic acids is 1. The Morgan fingerprint density at radius 2 is 1.96 bits per heavy atom. The van der Waals surface area contributed by atoms with Crippen LogP contribution >= 0.6 is 0 Å². The van der Waals surface area contributed by atoms with Crippen LogP contribution in [0.15, 0.2) is 36.4 Å². The van der Waals surface area contributed by atoms with Crippen LogP contribution in [0.5, 0.6) is 5.75 Å². The summed E-state index contributed by atoms with van der Waals surface area (Å²) in [6.07, 6.45) is 0. The number of rotatable bonds is 4. The van der Waals surface area contributed by atoms with Gasteiger partial charge in [0.15, 0.2) is 0 Å². The maximum absolute atomic E-state index is 12.9. The fourth-order valence-electron chi connectivity index (χ4n) is 2.96. The average molecular weight is 314 g/mol. The van der Waals surface area contributed by atoms with Gasteiger partial charge < -0.3 is 9.64 Å². The molecule has 0 atom stereocenters. The zero-order valence-electron chi connectivity index (χ0n) is 13.8. The topological polar surface area (TPSA) is 46.0 Å². The minimum atomic E-state index is -0.0928. The van der Waals surface area contributed by atoms with Gasteiger partial charge in [-0.3, -0.25) is 10.2 Å². The van der Waals surface area contributed by atoms with E-state index in [1.165, 1.54) is 4.90 Å². The second-order valence-corrected chi connectivity index (χ2v) is 5.98. The number of ether oxygens (including phenoxy) is 1. The van der Waals surface area contributed by atoms with Crippen LogP contribution in [0.1, 0.15) is 17.3 Å². The summed E-state index contributed by atoms with van der Waals surface area (Å²) in [5, 5.41) is 3.98. The van der Waals surface area contributed by atoms with Crippen LogP contribution in [0.4, 0.5) is 0 Å². The first-order valence-corrected chi connectivity index (χ1v) is 8.21. The molecule has 2 N–H and O–H groups in total. The molecular formula is C18H24N3O2+. The van der Waals surface area contributed by atoms with Crippen molar-refractivity contribution in [2.45, 2.75) is 6.92 Å². The van der Waals surface area contributed by atoms with E-state index in [9.17, 15) is 4.79 Å². The molecule has 0 radical (unpaired) electrons. The maximum atomic E-state index is 12.9. The van der Waals surface area contributed by atoms with Gasteiger partial charge in [-0.2, -0.15) is 0 Å². The third-order valence-corrected chi connectivity index (χ3v) is 4.29. The van der Waals surface area contributed by atoms with Crippen LogP contribution in [-0.4, -0.2) is 50.7 Å². The summed E-state index contributed by atoms with van der Waals surface area (Å²) >= 11 is 0. The van der Waals surface area contributed by atoms with Gasteiger partial charge in [0, 0.05) is 0 Å². The maximum Gasteiger partial charge on any atom is 0.269 e. The lowest BCUT2D eigenvalue weighted by Gasteiger charge is -2.30. The normalized spacial score (nSPS) is 16.4. The van der Waals surface area contributed by atoms with Gasteiger partial charge in [0.2, 0.25) is 0 Å². The number of nitrogens with zero attached hydrogens (tertiary/aromatic N) is 1. The molecule has 23 heavy (non-hydrogen) atoms. The SMILES string of the molecule is CCOc1ccc2ccccc2c1C(=O)NN1CC[NH+](C)CC1. The van der Waals surface area contributed by atoms with Crippen LogP contribution in [-0.2, 0) is 0 Å². The summed E-state index contributed by atoms with van der Waals surface area (Å²) in [5.74, 6) is 0.549. The summed E-state index contributed by atoms with van der Waals surface area (Å²) in [5.41, 5.74) is 3.67. The molecule has 0 unspecified atom stereocenters. The number of hydrogen-bond donors (Lipinski definition) is 2. The van der Waals surface area contributed by atoms with Crippen molar-refractivity contribution in [2.75, 3.05) is 39.8 Å². The third-order valence-electron chi connectivity index (χ3n) is 4.29. The molecule has 2 aromatic carbocycles. The molecule has 5 heteroatoms. The van der Waals surface area contributed by atoms with E-state index in [4.69, 9.17) is 4.74 Å². The van der Waals surface area contributed by atoms with E-state index in [1.807, 2.05) is 48.3 Å². The van der Waals surface area contributed by atoms with E-state index in [-0.39, 0.29) is 5.91 Å². The highest BCUT2D eigenvalue weighted by atomic mass is 16.5. The number of carbonyl (C=O) groups is 1.